The highest BCUT2D eigenvalue weighted by Gasteiger charge is 2.23. The maximum atomic E-state index is 13.8. The van der Waals surface area contributed by atoms with Crippen LogP contribution in [0.2, 0.25) is 0 Å². The van der Waals surface area contributed by atoms with Gasteiger partial charge in [-0.1, -0.05) is 20.4 Å². The van der Waals surface area contributed by atoms with Crippen molar-refractivity contribution < 1.29 is 28.6 Å². The smallest absolute Gasteiger partial charge is 0.341 e. The van der Waals surface area contributed by atoms with Crippen LogP contribution in [-0.2, 0) is 9.53 Å². The van der Waals surface area contributed by atoms with Crippen LogP contribution in [0.15, 0.2) is 28.8 Å². The highest BCUT2D eigenvalue weighted by atomic mass is 79.9. The molecule has 0 aliphatic heterocycles. The van der Waals surface area contributed by atoms with Crippen molar-refractivity contribution in [2.45, 2.75) is 26.8 Å². The van der Waals surface area contributed by atoms with E-state index in [4.69, 9.17) is 15.6 Å². The number of carbonyl (C=O) groups is 2. The average Bonchev–Trinajstić information content (AvgIpc) is 2.61. The van der Waals surface area contributed by atoms with Crippen LogP contribution < -0.4 is 10.5 Å². The average molecular weight is 434 g/mol. The van der Waals surface area contributed by atoms with Crippen molar-refractivity contribution in [3.63, 3.8) is 0 Å². The first-order chi connectivity index (χ1) is 12.1. The van der Waals surface area contributed by atoms with E-state index >= 15 is 0 Å². The van der Waals surface area contributed by atoms with Gasteiger partial charge in [-0.05, 0) is 34.8 Å². The van der Waals surface area contributed by atoms with E-state index in [2.05, 4.69) is 27.2 Å². The second kappa shape index (κ2) is 11.8. The Hall–Kier alpha value is -1.77. The van der Waals surface area contributed by atoms with Gasteiger partial charge >= 0.3 is 5.97 Å². The third-order valence-electron chi connectivity index (χ3n) is 3.35. The summed E-state index contributed by atoms with van der Waals surface area (Å²) in [5.74, 6) is -1.84. The summed E-state index contributed by atoms with van der Waals surface area (Å²) in [5.41, 5.74) is 4.67. The van der Waals surface area contributed by atoms with Crippen molar-refractivity contribution in [1.82, 2.24) is 0 Å². The second-order valence-corrected chi connectivity index (χ2v) is 6.44. The first kappa shape index (κ1) is 24.2. The number of aliphatic hydroxyl groups excluding tert-OH is 1. The lowest BCUT2D eigenvalue weighted by Gasteiger charge is -2.10. The number of rotatable bonds is 7. The molecule has 6 nitrogen and oxygen atoms in total. The van der Waals surface area contributed by atoms with Crippen molar-refractivity contribution in [1.29, 1.82) is 0 Å². The minimum Gasteiger partial charge on any atom is -0.495 e. The van der Waals surface area contributed by atoms with Crippen LogP contribution in [0.1, 0.15) is 31.1 Å². The summed E-state index contributed by atoms with van der Waals surface area (Å²) in [6.45, 7) is 9.10. The Kier molecular flexibility index (Phi) is 11.0. The van der Waals surface area contributed by atoms with Gasteiger partial charge in [0, 0.05) is 12.1 Å². The summed E-state index contributed by atoms with van der Waals surface area (Å²) in [7, 11) is 1.37. The molecule has 1 rings (SSSR count). The number of aliphatic hydroxyl groups is 1. The molecule has 1 aromatic carbocycles. The summed E-state index contributed by atoms with van der Waals surface area (Å²) in [6.07, 6.45) is 0. The van der Waals surface area contributed by atoms with Crippen molar-refractivity contribution in [2.24, 2.45) is 11.7 Å². The molecular weight excluding hydrogens is 409 g/mol. The largest absolute Gasteiger partial charge is 0.495 e. The van der Waals surface area contributed by atoms with E-state index in [1.807, 2.05) is 13.8 Å². The van der Waals surface area contributed by atoms with E-state index in [0.29, 0.717) is 10.4 Å². The van der Waals surface area contributed by atoms with Crippen LogP contribution in [0.25, 0.3) is 0 Å². The van der Waals surface area contributed by atoms with Crippen molar-refractivity contribution in [3.05, 3.63) is 40.1 Å². The summed E-state index contributed by atoms with van der Waals surface area (Å²) >= 11 is 3.14. The van der Waals surface area contributed by atoms with Crippen LogP contribution in [0.5, 0.6) is 5.75 Å². The maximum Gasteiger partial charge on any atom is 0.341 e. The molecule has 0 saturated carbocycles. The highest BCUT2D eigenvalue weighted by molar-refractivity contribution is 9.10. The Morgan fingerprint density at radius 3 is 2.35 bits per heavy atom. The molecule has 0 aliphatic rings. The molecule has 0 fully saturated rings. The van der Waals surface area contributed by atoms with E-state index in [0.717, 1.165) is 6.07 Å². The van der Waals surface area contributed by atoms with Crippen LogP contribution in [-0.4, -0.2) is 43.2 Å². The van der Waals surface area contributed by atoms with E-state index < -0.39 is 23.1 Å². The van der Waals surface area contributed by atoms with Gasteiger partial charge in [0.1, 0.15) is 17.1 Å². The number of hydrogen-bond acceptors (Lipinski definition) is 6. The minimum atomic E-state index is -0.862. The molecule has 0 unspecified atom stereocenters. The summed E-state index contributed by atoms with van der Waals surface area (Å²) in [6, 6.07) is 2.25. The number of Topliss-reactive ketones (excluding diaryl/α,β-unsaturated/α-hetero) is 1. The van der Waals surface area contributed by atoms with Gasteiger partial charge in [-0.25, -0.2) is 9.18 Å². The van der Waals surface area contributed by atoms with E-state index in [-0.39, 0.29) is 30.6 Å². The van der Waals surface area contributed by atoms with Gasteiger partial charge in [-0.15, -0.1) is 0 Å². The number of ether oxygens (including phenoxy) is 2. The monoisotopic (exact) mass is 433 g/mol. The van der Waals surface area contributed by atoms with Crippen LogP contribution in [0.4, 0.5) is 4.39 Å². The lowest BCUT2D eigenvalue weighted by molar-refractivity contribution is -0.138. The Labute approximate surface area is 161 Å². The first-order valence-electron chi connectivity index (χ1n) is 7.90. The van der Waals surface area contributed by atoms with Gasteiger partial charge in [0.05, 0.1) is 30.4 Å². The molecule has 26 heavy (non-hydrogen) atoms. The Bertz CT molecular complexity index is 649. The molecule has 0 amide bonds. The molecule has 0 aromatic heterocycles. The van der Waals surface area contributed by atoms with Gasteiger partial charge in [-0.2, -0.15) is 0 Å². The van der Waals surface area contributed by atoms with Crippen molar-refractivity contribution in [3.8, 4) is 5.75 Å². The Morgan fingerprint density at radius 2 is 1.96 bits per heavy atom. The molecule has 1 aromatic rings. The fourth-order valence-electron chi connectivity index (χ4n) is 1.54. The molecule has 146 valence electrons. The SMILES string of the molecule is C=C(C(=O)OCC)C(=O)c1cc(Br)c(OC)cc1F.CC(C)[C@H](N)CO. The van der Waals surface area contributed by atoms with E-state index in [1.165, 1.54) is 13.2 Å². The zero-order valence-corrected chi connectivity index (χ0v) is 16.9. The number of nitrogens with two attached hydrogens (primary N) is 1. The summed E-state index contributed by atoms with van der Waals surface area (Å²) < 4.78 is 23.7. The quantitative estimate of drug-likeness (QED) is 0.225. The molecule has 0 radical (unpaired) electrons. The minimum absolute atomic E-state index is 0.0417. The summed E-state index contributed by atoms with van der Waals surface area (Å²) in [4.78, 5) is 23.3. The molecule has 0 bridgehead atoms. The molecule has 0 heterocycles. The number of hydrogen-bond donors (Lipinski definition) is 2. The number of benzene rings is 1. The molecule has 0 aliphatic carbocycles. The van der Waals surface area contributed by atoms with E-state index in [1.54, 1.807) is 6.92 Å². The second-order valence-electron chi connectivity index (χ2n) is 5.59. The number of methoxy groups -OCH3 is 1. The lowest BCUT2D eigenvalue weighted by atomic mass is 10.0. The van der Waals surface area contributed by atoms with Gasteiger partial charge < -0.3 is 20.3 Å². The molecule has 0 spiro atoms. The normalized spacial score (nSPS) is 11.3. The topological polar surface area (TPSA) is 98.9 Å². The van der Waals surface area contributed by atoms with Gasteiger partial charge in [0.2, 0.25) is 5.78 Å². The number of esters is 1. The van der Waals surface area contributed by atoms with E-state index in [9.17, 15) is 14.0 Å². The Morgan fingerprint density at radius 1 is 1.38 bits per heavy atom. The fraction of sp³-hybridized carbons (Fsp3) is 0.444. The predicted molar refractivity (Wildman–Crippen MR) is 101 cm³/mol. The van der Waals surface area contributed by atoms with Crippen LogP contribution in [0, 0.1) is 11.7 Å². The van der Waals surface area contributed by atoms with Crippen LogP contribution in [0.3, 0.4) is 0 Å². The third-order valence-corrected chi connectivity index (χ3v) is 3.97. The molecule has 8 heteroatoms. The zero-order chi connectivity index (χ0) is 20.4. The number of ketones is 1. The van der Waals surface area contributed by atoms with Crippen LogP contribution >= 0.6 is 15.9 Å². The number of halogens is 2. The van der Waals surface area contributed by atoms with Crippen molar-refractivity contribution >= 4 is 27.7 Å². The number of carbonyl (C=O) groups excluding carboxylic acids is 2. The van der Waals surface area contributed by atoms with Crippen molar-refractivity contribution in [2.75, 3.05) is 20.3 Å². The third kappa shape index (κ3) is 7.23. The molecular formula is C18H25BrFNO5. The molecule has 3 N–H and O–H groups in total. The standard InChI is InChI=1S/C13H12BrFO4.C5H13NO/c1-4-19-13(17)7(2)12(16)8-5-9(14)11(18-3)6-10(8)15;1-4(2)5(6)3-7/h5-6H,2,4H2,1,3H3;4-5,7H,3,6H2,1-2H3/t;5-/m.1/s1. The zero-order valence-electron chi connectivity index (χ0n) is 15.3. The summed E-state index contributed by atoms with van der Waals surface area (Å²) in [5, 5.41) is 8.38. The lowest BCUT2D eigenvalue weighted by Crippen LogP contribution is -2.29. The highest BCUT2D eigenvalue weighted by Crippen LogP contribution is 2.28. The first-order valence-corrected chi connectivity index (χ1v) is 8.70. The van der Waals surface area contributed by atoms with Gasteiger partial charge in [-0.3, -0.25) is 4.79 Å². The van der Waals surface area contributed by atoms with Gasteiger partial charge in [0.25, 0.3) is 0 Å². The predicted octanol–water partition coefficient (Wildman–Crippen LogP) is 2.86. The molecule has 0 saturated heterocycles. The maximum absolute atomic E-state index is 13.8. The van der Waals surface area contributed by atoms with Gasteiger partial charge in [0.15, 0.2) is 0 Å². The Balaban J connectivity index is 0.000000758. The molecule has 1 atom stereocenters. The fourth-order valence-corrected chi connectivity index (χ4v) is 2.05.